The van der Waals surface area contributed by atoms with E-state index >= 15 is 0 Å². The first-order valence-corrected chi connectivity index (χ1v) is 13.1. The average Bonchev–Trinajstić information content (AvgIpc) is 2.89. The molecule has 0 radical (unpaired) electrons. The second kappa shape index (κ2) is 10.1. The fraction of sp³-hybridized carbons (Fsp3) is 0.0714. The molecule has 0 atom stereocenters. The van der Waals surface area contributed by atoms with E-state index in [0.717, 1.165) is 15.9 Å². The molecule has 0 fully saturated rings. The molecule has 35 heavy (non-hydrogen) atoms. The minimum atomic E-state index is -5.03. The summed E-state index contributed by atoms with van der Waals surface area (Å²) in [5, 5.41) is 14.7. The Morgan fingerprint density at radius 1 is 0.771 bits per heavy atom. The molecule has 0 aliphatic rings. The van der Waals surface area contributed by atoms with Crippen molar-refractivity contribution in [1.82, 2.24) is 0 Å². The van der Waals surface area contributed by atoms with Crippen LogP contribution in [0.25, 0.3) is 0 Å². The number of amides is 1. The van der Waals surface area contributed by atoms with E-state index in [1.807, 2.05) is 96.3 Å². The molecule has 0 saturated carbocycles. The summed E-state index contributed by atoms with van der Waals surface area (Å²) in [6.45, 7) is 0. The van der Waals surface area contributed by atoms with Gasteiger partial charge in [-0.3, -0.25) is 0 Å². The summed E-state index contributed by atoms with van der Waals surface area (Å²) in [6.07, 6.45) is -4.69. The number of hydrogen-bond donors (Lipinski definition) is 1. The van der Waals surface area contributed by atoms with Crippen LogP contribution in [-0.2, 0) is 11.0 Å². The number of rotatable bonds is 6. The number of anilines is 1. The Morgan fingerprint density at radius 2 is 1.23 bits per heavy atom. The van der Waals surface area contributed by atoms with Crippen molar-refractivity contribution in [1.29, 1.82) is 5.26 Å². The van der Waals surface area contributed by atoms with Gasteiger partial charge in [-0.25, -0.2) is 0 Å². The van der Waals surface area contributed by atoms with Gasteiger partial charge in [-0.2, -0.15) is 0 Å². The van der Waals surface area contributed by atoms with Crippen LogP contribution in [0, 0.1) is 11.3 Å². The fourth-order valence-corrected chi connectivity index (χ4v) is 9.15. The van der Waals surface area contributed by atoms with Crippen molar-refractivity contribution in [3.63, 3.8) is 0 Å². The van der Waals surface area contributed by atoms with E-state index in [0.29, 0.717) is 17.3 Å². The molecule has 0 aromatic heterocycles. The van der Waals surface area contributed by atoms with Crippen LogP contribution < -0.4 is 21.2 Å². The molecule has 0 aliphatic carbocycles. The SMILES string of the molecule is N#Cc1ccc(NC(=O)C(F)(F)F)c(C[PH](c2ccccc2)(c2ccccc2)c2ccccc2)c1. The Balaban J connectivity index is 1.98. The Hall–Kier alpha value is -3.94. The maximum absolute atomic E-state index is 13.1. The van der Waals surface area contributed by atoms with Gasteiger partial charge in [-0.1, -0.05) is 0 Å². The van der Waals surface area contributed by atoms with E-state index < -0.39 is 19.3 Å². The number of hydrogen-bond acceptors (Lipinski definition) is 2. The number of nitriles is 1. The number of carbonyl (C=O) groups excluding carboxylic acids is 1. The molecule has 0 heterocycles. The molecule has 0 unspecified atom stereocenters. The van der Waals surface area contributed by atoms with Gasteiger partial charge in [0, 0.05) is 0 Å². The van der Waals surface area contributed by atoms with Crippen molar-refractivity contribution in [3.05, 3.63) is 120 Å². The zero-order valence-electron chi connectivity index (χ0n) is 18.6. The third-order valence-electron chi connectivity index (χ3n) is 6.00. The van der Waals surface area contributed by atoms with Crippen molar-refractivity contribution >= 4 is 34.8 Å². The number of halogens is 3. The third kappa shape index (κ3) is 5.11. The van der Waals surface area contributed by atoms with Gasteiger partial charge in [0.25, 0.3) is 0 Å². The van der Waals surface area contributed by atoms with Gasteiger partial charge < -0.3 is 0 Å². The molecule has 4 aromatic carbocycles. The van der Waals surface area contributed by atoms with Crippen LogP contribution in [0.4, 0.5) is 18.9 Å². The molecule has 4 rings (SSSR count). The van der Waals surface area contributed by atoms with Crippen LogP contribution in [0.5, 0.6) is 0 Å². The summed E-state index contributed by atoms with van der Waals surface area (Å²) in [7, 11) is -2.87. The maximum atomic E-state index is 13.1. The van der Waals surface area contributed by atoms with Gasteiger partial charge in [0.05, 0.1) is 0 Å². The molecular weight excluding hydrogens is 468 g/mol. The topological polar surface area (TPSA) is 52.9 Å². The van der Waals surface area contributed by atoms with Crippen molar-refractivity contribution in [3.8, 4) is 6.07 Å². The zero-order valence-corrected chi connectivity index (χ0v) is 19.6. The summed E-state index contributed by atoms with van der Waals surface area (Å²) < 4.78 is 39.3. The Labute approximate surface area is 202 Å². The first-order chi connectivity index (χ1) is 16.8. The molecule has 176 valence electrons. The van der Waals surface area contributed by atoms with Gasteiger partial charge in [0.1, 0.15) is 0 Å². The Kier molecular flexibility index (Phi) is 7.00. The van der Waals surface area contributed by atoms with Crippen molar-refractivity contribution in [2.45, 2.75) is 12.3 Å². The van der Waals surface area contributed by atoms with Crippen molar-refractivity contribution < 1.29 is 18.0 Å². The van der Waals surface area contributed by atoms with Crippen molar-refractivity contribution in [2.24, 2.45) is 0 Å². The predicted octanol–water partition coefficient (Wildman–Crippen LogP) is 5.29. The zero-order chi connectivity index (χ0) is 24.9. The van der Waals surface area contributed by atoms with Crippen LogP contribution >= 0.6 is 7.26 Å². The van der Waals surface area contributed by atoms with E-state index in [4.69, 9.17) is 0 Å². The number of carbonyl (C=O) groups is 1. The molecule has 0 spiro atoms. The summed E-state index contributed by atoms with van der Waals surface area (Å²) in [4.78, 5) is 11.8. The van der Waals surface area contributed by atoms with Crippen LogP contribution in [0.2, 0.25) is 0 Å². The van der Waals surface area contributed by atoms with Crippen LogP contribution in [0.15, 0.2) is 109 Å². The van der Waals surface area contributed by atoms with Gasteiger partial charge in [-0.05, 0) is 0 Å². The molecule has 7 heteroatoms. The first-order valence-electron chi connectivity index (χ1n) is 10.9. The van der Waals surface area contributed by atoms with E-state index in [-0.39, 0.29) is 5.69 Å². The Morgan fingerprint density at radius 3 is 1.63 bits per heavy atom. The number of nitrogens with one attached hydrogen (secondary N) is 1. The van der Waals surface area contributed by atoms with E-state index in [2.05, 4.69) is 6.07 Å². The Bertz CT molecular complexity index is 1260. The number of alkyl halides is 3. The van der Waals surface area contributed by atoms with Crippen molar-refractivity contribution in [2.75, 3.05) is 5.32 Å². The summed E-state index contributed by atoms with van der Waals surface area (Å²) in [6, 6.07) is 36.1. The monoisotopic (exact) mass is 490 g/mol. The molecule has 4 aromatic rings. The second-order valence-electron chi connectivity index (χ2n) is 8.12. The quantitative estimate of drug-likeness (QED) is 0.374. The number of benzene rings is 4. The van der Waals surface area contributed by atoms with Crippen LogP contribution in [0.1, 0.15) is 11.1 Å². The molecule has 1 N–H and O–H groups in total. The first kappa shape index (κ1) is 24.2. The van der Waals surface area contributed by atoms with Gasteiger partial charge in [0.15, 0.2) is 0 Å². The van der Waals surface area contributed by atoms with Crippen LogP contribution in [0.3, 0.4) is 0 Å². The number of nitrogens with zero attached hydrogens (tertiary/aromatic N) is 1. The molecule has 3 nitrogen and oxygen atoms in total. The second-order valence-corrected chi connectivity index (χ2v) is 12.0. The predicted molar refractivity (Wildman–Crippen MR) is 136 cm³/mol. The van der Waals surface area contributed by atoms with E-state index in [1.165, 1.54) is 12.1 Å². The summed E-state index contributed by atoms with van der Waals surface area (Å²) in [5.74, 6) is -2.05. The van der Waals surface area contributed by atoms with E-state index in [1.54, 1.807) is 6.07 Å². The summed E-state index contributed by atoms with van der Waals surface area (Å²) in [5.41, 5.74) is 0.831. The van der Waals surface area contributed by atoms with Gasteiger partial charge >= 0.3 is 202 Å². The molecule has 0 bridgehead atoms. The summed E-state index contributed by atoms with van der Waals surface area (Å²) >= 11 is 0. The van der Waals surface area contributed by atoms with Gasteiger partial charge in [-0.15, -0.1) is 0 Å². The average molecular weight is 490 g/mol. The minimum absolute atomic E-state index is 0.0472. The third-order valence-corrected chi connectivity index (χ3v) is 10.9. The molecule has 1 amide bonds. The molecule has 0 aliphatic heterocycles. The fourth-order valence-electron chi connectivity index (χ4n) is 4.38. The molecular formula is C28H22F3N2OP. The standard InChI is InChI=1S/C28H22F3N2OP/c29-28(30,31)27(34)33-26-17-16-21(19-32)18-22(26)20-35(23-10-4-1-5-11-23,24-12-6-2-7-13-24)25-14-8-3-9-15-25/h1-18,35H,20H2,(H,33,34). The molecule has 0 saturated heterocycles. The van der Waals surface area contributed by atoms with E-state index in [9.17, 15) is 23.2 Å². The normalized spacial score (nSPS) is 11.9. The van der Waals surface area contributed by atoms with Gasteiger partial charge in [0.2, 0.25) is 0 Å². The van der Waals surface area contributed by atoms with Crippen LogP contribution in [-0.4, -0.2) is 12.1 Å².